The number of oxime groups is 1. The molecule has 10 heteroatoms. The van der Waals surface area contributed by atoms with Gasteiger partial charge in [0.1, 0.15) is 5.82 Å². The van der Waals surface area contributed by atoms with Gasteiger partial charge in [-0.05, 0) is 29.2 Å². The second kappa shape index (κ2) is 5.77. The second-order valence-electron chi connectivity index (χ2n) is 3.76. The Morgan fingerprint density at radius 3 is 2.67 bits per heavy atom. The lowest BCUT2D eigenvalue weighted by Gasteiger charge is -1.99. The highest BCUT2D eigenvalue weighted by atomic mass is 19.1. The van der Waals surface area contributed by atoms with E-state index >= 15 is 0 Å². The largest absolute Gasteiger partial charge is 0.388 e. The minimum atomic E-state index is -1.02. The first kappa shape index (κ1) is 14.1. The average molecular weight is 293 g/mol. The Morgan fingerprint density at radius 1 is 1.43 bits per heavy atom. The predicted octanol–water partition coefficient (Wildman–Crippen LogP) is 0.934. The zero-order valence-electron chi connectivity index (χ0n) is 10.3. The maximum Gasteiger partial charge on any atom is 0.388 e. The van der Waals surface area contributed by atoms with Gasteiger partial charge in [0.2, 0.25) is 5.69 Å². The normalized spacial score (nSPS) is 11.2. The van der Waals surface area contributed by atoms with E-state index in [0.29, 0.717) is 5.56 Å². The van der Waals surface area contributed by atoms with E-state index in [-0.39, 0.29) is 11.5 Å². The Kier molecular flexibility index (Phi) is 3.88. The molecule has 0 saturated carbocycles. The molecule has 0 unspecified atom stereocenters. The van der Waals surface area contributed by atoms with E-state index < -0.39 is 22.5 Å². The summed E-state index contributed by atoms with van der Waals surface area (Å²) in [5.41, 5.74) is 5.56. The molecule has 2 rings (SSSR count). The molecule has 21 heavy (non-hydrogen) atoms. The van der Waals surface area contributed by atoms with Gasteiger partial charge in [-0.2, -0.15) is 0 Å². The minimum absolute atomic E-state index is 0.159. The van der Waals surface area contributed by atoms with Crippen molar-refractivity contribution in [2.75, 3.05) is 0 Å². The van der Waals surface area contributed by atoms with Crippen LogP contribution < -0.4 is 5.73 Å². The van der Waals surface area contributed by atoms with Gasteiger partial charge < -0.3 is 20.7 Å². The number of benzene rings is 1. The summed E-state index contributed by atoms with van der Waals surface area (Å²) in [6.45, 7) is 0. The van der Waals surface area contributed by atoms with Gasteiger partial charge in [-0.25, -0.2) is 9.18 Å². The van der Waals surface area contributed by atoms with Crippen molar-refractivity contribution >= 4 is 17.6 Å². The van der Waals surface area contributed by atoms with Crippen LogP contribution in [0.3, 0.4) is 0 Å². The molecular formula is C11H8FN5O4. The maximum atomic E-state index is 12.7. The molecule has 1 heterocycles. The molecule has 0 radical (unpaired) electrons. The SMILES string of the molecule is N/C(=N\OC(=O)c1cc([N+](=O)[O-])[nH]n1)c1ccc(F)cc1. The number of carbonyl (C=O) groups excluding carboxylic acids is 1. The van der Waals surface area contributed by atoms with Crippen LogP contribution in [0.2, 0.25) is 0 Å². The van der Waals surface area contributed by atoms with Crippen LogP contribution in [-0.2, 0) is 4.84 Å². The van der Waals surface area contributed by atoms with Gasteiger partial charge in [-0.15, -0.1) is 5.10 Å². The number of hydrogen-bond donors (Lipinski definition) is 2. The molecule has 2 aromatic rings. The fraction of sp³-hybridized carbons (Fsp3) is 0. The first-order chi connectivity index (χ1) is 9.97. The molecule has 0 bridgehead atoms. The van der Waals surface area contributed by atoms with Crippen LogP contribution in [0.1, 0.15) is 16.1 Å². The zero-order chi connectivity index (χ0) is 15.4. The van der Waals surface area contributed by atoms with Crippen LogP contribution >= 0.6 is 0 Å². The number of aromatic amines is 1. The summed E-state index contributed by atoms with van der Waals surface area (Å²) in [7, 11) is 0. The number of rotatable bonds is 4. The number of carbonyl (C=O) groups is 1. The van der Waals surface area contributed by atoms with Gasteiger partial charge in [0.25, 0.3) is 0 Å². The highest BCUT2D eigenvalue weighted by molar-refractivity contribution is 5.97. The van der Waals surface area contributed by atoms with Gasteiger partial charge in [0.15, 0.2) is 5.84 Å². The molecule has 0 spiro atoms. The van der Waals surface area contributed by atoms with Gasteiger partial charge >= 0.3 is 11.8 Å². The van der Waals surface area contributed by atoms with Crippen molar-refractivity contribution in [2.24, 2.45) is 10.9 Å². The summed E-state index contributed by atoms with van der Waals surface area (Å²) in [6, 6.07) is 5.92. The molecule has 108 valence electrons. The quantitative estimate of drug-likeness (QED) is 0.283. The van der Waals surface area contributed by atoms with E-state index in [0.717, 1.165) is 18.2 Å². The molecule has 0 fully saturated rings. The third-order valence-electron chi connectivity index (χ3n) is 2.34. The van der Waals surface area contributed by atoms with Crippen LogP contribution in [0.4, 0.5) is 10.2 Å². The van der Waals surface area contributed by atoms with Crippen LogP contribution in [0.15, 0.2) is 35.5 Å². The van der Waals surface area contributed by atoms with Crippen molar-refractivity contribution in [2.45, 2.75) is 0 Å². The molecule has 0 saturated heterocycles. The molecule has 0 atom stereocenters. The monoisotopic (exact) mass is 293 g/mol. The number of nitrogens with one attached hydrogen (secondary N) is 1. The van der Waals surface area contributed by atoms with Gasteiger partial charge in [0, 0.05) is 5.56 Å². The standard InChI is InChI=1S/C11H8FN5O4/c12-7-3-1-6(2-4-7)10(13)16-21-11(18)8-5-9(15-14-8)17(19)20/h1-5H,(H2,13,16)(H,14,15). The summed E-state index contributed by atoms with van der Waals surface area (Å²) in [4.78, 5) is 25.7. The molecule has 9 nitrogen and oxygen atoms in total. The smallest absolute Gasteiger partial charge is 0.380 e. The van der Waals surface area contributed by atoms with E-state index in [1.165, 1.54) is 12.1 Å². The van der Waals surface area contributed by atoms with Crippen molar-refractivity contribution in [1.29, 1.82) is 0 Å². The summed E-state index contributed by atoms with van der Waals surface area (Å²) >= 11 is 0. The van der Waals surface area contributed by atoms with Gasteiger partial charge in [-0.3, -0.25) is 0 Å². The highest BCUT2D eigenvalue weighted by Gasteiger charge is 2.18. The Hall–Kier alpha value is -3.30. The first-order valence-corrected chi connectivity index (χ1v) is 5.48. The lowest BCUT2D eigenvalue weighted by Crippen LogP contribution is -2.15. The van der Waals surface area contributed by atoms with Crippen LogP contribution in [0.5, 0.6) is 0 Å². The lowest BCUT2D eigenvalue weighted by atomic mass is 10.2. The Labute approximate surface area is 116 Å². The van der Waals surface area contributed by atoms with E-state index in [2.05, 4.69) is 15.1 Å². The van der Waals surface area contributed by atoms with Crippen molar-refractivity contribution in [3.63, 3.8) is 0 Å². The second-order valence-corrected chi connectivity index (χ2v) is 3.76. The highest BCUT2D eigenvalue weighted by Crippen LogP contribution is 2.09. The molecule has 0 aliphatic heterocycles. The summed E-state index contributed by atoms with van der Waals surface area (Å²) < 4.78 is 12.7. The van der Waals surface area contributed by atoms with Crippen LogP contribution in [0.25, 0.3) is 0 Å². The Bertz CT molecular complexity index is 710. The van der Waals surface area contributed by atoms with Crippen LogP contribution in [-0.4, -0.2) is 26.9 Å². The molecule has 0 aliphatic rings. The number of hydrogen-bond acceptors (Lipinski definition) is 6. The van der Waals surface area contributed by atoms with Crippen molar-refractivity contribution in [3.8, 4) is 0 Å². The maximum absolute atomic E-state index is 12.7. The van der Waals surface area contributed by atoms with Crippen molar-refractivity contribution < 1.29 is 18.9 Å². The molecular weight excluding hydrogens is 285 g/mol. The third kappa shape index (κ3) is 3.37. The molecule has 0 aliphatic carbocycles. The number of halogens is 1. The summed E-state index contributed by atoms with van der Waals surface area (Å²) in [5.74, 6) is -2.09. The predicted molar refractivity (Wildman–Crippen MR) is 67.8 cm³/mol. The topological polar surface area (TPSA) is 136 Å². The van der Waals surface area contributed by atoms with E-state index in [1.54, 1.807) is 0 Å². The molecule has 1 aromatic carbocycles. The number of nitrogens with two attached hydrogens (primary N) is 1. The number of H-pyrrole nitrogens is 1. The average Bonchev–Trinajstić information content (AvgIpc) is 2.95. The molecule has 1 aromatic heterocycles. The fourth-order valence-corrected chi connectivity index (χ4v) is 1.32. The lowest BCUT2D eigenvalue weighted by molar-refractivity contribution is -0.389. The Balaban J connectivity index is 2.06. The Morgan fingerprint density at radius 2 is 2.10 bits per heavy atom. The van der Waals surface area contributed by atoms with E-state index in [1.807, 2.05) is 5.10 Å². The molecule has 3 N–H and O–H groups in total. The number of nitrogens with zero attached hydrogens (tertiary/aromatic N) is 3. The summed E-state index contributed by atoms with van der Waals surface area (Å²) in [5, 5.41) is 19.2. The first-order valence-electron chi connectivity index (χ1n) is 5.48. The van der Waals surface area contributed by atoms with E-state index in [9.17, 15) is 19.3 Å². The number of amidine groups is 1. The van der Waals surface area contributed by atoms with Gasteiger partial charge in [-0.1, -0.05) is 10.3 Å². The van der Waals surface area contributed by atoms with Crippen molar-refractivity contribution in [1.82, 2.24) is 10.2 Å². The zero-order valence-corrected chi connectivity index (χ0v) is 10.3. The van der Waals surface area contributed by atoms with E-state index in [4.69, 9.17) is 5.73 Å². The number of aromatic nitrogens is 2. The minimum Gasteiger partial charge on any atom is -0.380 e. The number of nitro groups is 1. The van der Waals surface area contributed by atoms with Crippen molar-refractivity contribution in [3.05, 3.63) is 57.5 Å². The van der Waals surface area contributed by atoms with Crippen LogP contribution in [0, 0.1) is 15.9 Å². The summed E-state index contributed by atoms with van der Waals surface area (Å²) in [6.07, 6.45) is 0. The fourth-order valence-electron chi connectivity index (χ4n) is 1.32. The third-order valence-corrected chi connectivity index (χ3v) is 2.34. The van der Waals surface area contributed by atoms with Gasteiger partial charge in [0.05, 0.1) is 6.07 Å². The molecule has 0 amide bonds.